The summed E-state index contributed by atoms with van der Waals surface area (Å²) < 4.78 is 65.8. The van der Waals surface area contributed by atoms with Crippen LogP contribution in [0, 0.1) is 29.1 Å². The van der Waals surface area contributed by atoms with Gasteiger partial charge in [-0.2, -0.15) is 0 Å². The van der Waals surface area contributed by atoms with Gasteiger partial charge in [-0.1, -0.05) is 11.6 Å². The SMILES string of the molecule is Nc1cc(Cl)ccc1Nc1c(F)c(F)c(F)c(F)c1F. The Morgan fingerprint density at radius 1 is 0.850 bits per heavy atom. The number of nitrogens with two attached hydrogens (primary N) is 1. The summed E-state index contributed by atoms with van der Waals surface area (Å²) in [5.74, 6) is -10.3. The third-order valence-corrected chi connectivity index (χ3v) is 2.72. The third kappa shape index (κ3) is 2.36. The number of rotatable bonds is 2. The van der Waals surface area contributed by atoms with Gasteiger partial charge in [0.1, 0.15) is 5.69 Å². The molecule has 0 saturated heterocycles. The highest BCUT2D eigenvalue weighted by atomic mass is 35.5. The molecular formula is C12H6ClF5N2. The van der Waals surface area contributed by atoms with E-state index < -0.39 is 34.8 Å². The van der Waals surface area contributed by atoms with Crippen molar-refractivity contribution in [2.24, 2.45) is 0 Å². The Kier molecular flexibility index (Phi) is 3.71. The molecule has 8 heteroatoms. The summed E-state index contributed by atoms with van der Waals surface area (Å²) in [7, 11) is 0. The van der Waals surface area contributed by atoms with E-state index >= 15 is 0 Å². The molecule has 0 unspecified atom stereocenters. The Hall–Kier alpha value is -2.02. The van der Waals surface area contributed by atoms with Crippen LogP contribution < -0.4 is 11.1 Å². The van der Waals surface area contributed by atoms with Gasteiger partial charge in [0, 0.05) is 5.02 Å². The fourth-order valence-corrected chi connectivity index (χ4v) is 1.68. The summed E-state index contributed by atoms with van der Waals surface area (Å²) in [4.78, 5) is 0. The summed E-state index contributed by atoms with van der Waals surface area (Å²) in [6.07, 6.45) is 0. The lowest BCUT2D eigenvalue weighted by Gasteiger charge is -2.12. The highest BCUT2D eigenvalue weighted by Crippen LogP contribution is 2.32. The maximum absolute atomic E-state index is 13.4. The van der Waals surface area contributed by atoms with Crippen molar-refractivity contribution in [3.63, 3.8) is 0 Å². The van der Waals surface area contributed by atoms with Gasteiger partial charge in [0.2, 0.25) is 5.82 Å². The maximum Gasteiger partial charge on any atom is 0.200 e. The minimum Gasteiger partial charge on any atom is -0.397 e. The second kappa shape index (κ2) is 5.16. The molecule has 0 aliphatic carbocycles. The highest BCUT2D eigenvalue weighted by Gasteiger charge is 2.26. The van der Waals surface area contributed by atoms with E-state index in [4.69, 9.17) is 17.3 Å². The normalized spacial score (nSPS) is 10.7. The lowest BCUT2D eigenvalue weighted by molar-refractivity contribution is 0.382. The Morgan fingerprint density at radius 3 is 1.85 bits per heavy atom. The zero-order valence-electron chi connectivity index (χ0n) is 9.58. The van der Waals surface area contributed by atoms with Gasteiger partial charge in [0.25, 0.3) is 0 Å². The molecule has 0 heterocycles. The predicted octanol–water partition coefficient (Wildman–Crippen LogP) is 4.36. The number of benzene rings is 2. The van der Waals surface area contributed by atoms with Crippen LogP contribution in [-0.2, 0) is 0 Å². The van der Waals surface area contributed by atoms with Crippen molar-refractivity contribution in [2.75, 3.05) is 11.1 Å². The van der Waals surface area contributed by atoms with E-state index in [-0.39, 0.29) is 16.4 Å². The first-order valence-electron chi connectivity index (χ1n) is 5.16. The zero-order chi connectivity index (χ0) is 15.0. The van der Waals surface area contributed by atoms with Gasteiger partial charge in [-0.05, 0) is 18.2 Å². The zero-order valence-corrected chi connectivity index (χ0v) is 10.3. The Morgan fingerprint density at radius 2 is 1.35 bits per heavy atom. The quantitative estimate of drug-likeness (QED) is 0.374. The molecule has 0 fully saturated rings. The first kappa shape index (κ1) is 14.4. The van der Waals surface area contributed by atoms with E-state index in [1.807, 2.05) is 0 Å². The van der Waals surface area contributed by atoms with Crippen LogP contribution in [0.3, 0.4) is 0 Å². The van der Waals surface area contributed by atoms with Gasteiger partial charge in [0.15, 0.2) is 23.3 Å². The molecule has 0 aliphatic heterocycles. The molecule has 2 aromatic carbocycles. The number of nitrogen functional groups attached to an aromatic ring is 1. The van der Waals surface area contributed by atoms with Crippen molar-refractivity contribution in [2.45, 2.75) is 0 Å². The summed E-state index contributed by atoms with van der Waals surface area (Å²) in [6.45, 7) is 0. The molecule has 2 aromatic rings. The van der Waals surface area contributed by atoms with Crippen LogP contribution in [-0.4, -0.2) is 0 Å². The van der Waals surface area contributed by atoms with Crippen molar-refractivity contribution in [1.82, 2.24) is 0 Å². The molecule has 2 nitrogen and oxygen atoms in total. The average molecular weight is 309 g/mol. The largest absolute Gasteiger partial charge is 0.397 e. The second-order valence-corrected chi connectivity index (χ2v) is 4.24. The van der Waals surface area contributed by atoms with Gasteiger partial charge in [0.05, 0.1) is 11.4 Å². The Balaban J connectivity index is 2.54. The van der Waals surface area contributed by atoms with E-state index in [2.05, 4.69) is 5.32 Å². The molecule has 0 saturated carbocycles. The van der Waals surface area contributed by atoms with Gasteiger partial charge in [-0.3, -0.25) is 0 Å². The summed E-state index contributed by atoms with van der Waals surface area (Å²) >= 11 is 5.63. The van der Waals surface area contributed by atoms with E-state index in [0.717, 1.165) is 0 Å². The molecular weight excluding hydrogens is 303 g/mol. The molecule has 0 bridgehead atoms. The molecule has 0 aliphatic rings. The van der Waals surface area contributed by atoms with Crippen molar-refractivity contribution in [3.05, 3.63) is 52.3 Å². The second-order valence-electron chi connectivity index (χ2n) is 3.80. The van der Waals surface area contributed by atoms with Crippen molar-refractivity contribution < 1.29 is 22.0 Å². The minimum atomic E-state index is -2.23. The number of hydrogen-bond acceptors (Lipinski definition) is 2. The Bertz CT molecular complexity index is 661. The minimum absolute atomic E-state index is 0.0126. The summed E-state index contributed by atoms with van der Waals surface area (Å²) in [6, 6.07) is 3.85. The van der Waals surface area contributed by atoms with Crippen molar-refractivity contribution in [3.8, 4) is 0 Å². The van der Waals surface area contributed by atoms with Gasteiger partial charge < -0.3 is 11.1 Å². The molecule has 0 aromatic heterocycles. The molecule has 0 atom stereocenters. The third-order valence-electron chi connectivity index (χ3n) is 2.48. The maximum atomic E-state index is 13.4. The molecule has 0 spiro atoms. The number of anilines is 3. The first-order valence-corrected chi connectivity index (χ1v) is 5.54. The topological polar surface area (TPSA) is 38.0 Å². The van der Waals surface area contributed by atoms with Gasteiger partial charge in [-0.25, -0.2) is 22.0 Å². The first-order chi connectivity index (χ1) is 9.32. The lowest BCUT2D eigenvalue weighted by atomic mass is 10.2. The monoisotopic (exact) mass is 308 g/mol. The van der Waals surface area contributed by atoms with E-state index in [1.54, 1.807) is 0 Å². The highest BCUT2D eigenvalue weighted by molar-refractivity contribution is 6.31. The molecule has 2 rings (SSSR count). The van der Waals surface area contributed by atoms with Crippen LogP contribution in [0.2, 0.25) is 5.02 Å². The van der Waals surface area contributed by atoms with Crippen molar-refractivity contribution >= 4 is 28.7 Å². The van der Waals surface area contributed by atoms with Crippen LogP contribution in [0.5, 0.6) is 0 Å². The average Bonchev–Trinajstić information content (AvgIpc) is 2.41. The van der Waals surface area contributed by atoms with Crippen LogP contribution in [0.25, 0.3) is 0 Å². The van der Waals surface area contributed by atoms with E-state index in [9.17, 15) is 22.0 Å². The fraction of sp³-hybridized carbons (Fsp3) is 0. The van der Waals surface area contributed by atoms with Crippen LogP contribution in [0.1, 0.15) is 0 Å². The summed E-state index contributed by atoms with van der Waals surface area (Å²) in [5.41, 5.74) is 4.28. The van der Waals surface area contributed by atoms with Crippen LogP contribution >= 0.6 is 11.6 Å². The molecule has 20 heavy (non-hydrogen) atoms. The van der Waals surface area contributed by atoms with Crippen LogP contribution in [0.15, 0.2) is 18.2 Å². The van der Waals surface area contributed by atoms with Crippen molar-refractivity contribution in [1.29, 1.82) is 0 Å². The van der Waals surface area contributed by atoms with E-state index in [0.29, 0.717) is 0 Å². The van der Waals surface area contributed by atoms with Crippen LogP contribution in [0.4, 0.5) is 39.0 Å². The van der Waals surface area contributed by atoms with Gasteiger partial charge >= 0.3 is 0 Å². The molecule has 106 valence electrons. The smallest absolute Gasteiger partial charge is 0.200 e. The van der Waals surface area contributed by atoms with E-state index in [1.165, 1.54) is 18.2 Å². The molecule has 3 N–H and O–H groups in total. The lowest BCUT2D eigenvalue weighted by Crippen LogP contribution is -2.07. The molecule has 0 amide bonds. The standard InChI is InChI=1S/C12H6ClF5N2/c13-4-1-2-6(5(19)3-4)20-12-10(17)8(15)7(14)9(16)11(12)18/h1-3,20H,19H2. The Labute approximate surface area is 115 Å². The number of nitrogens with one attached hydrogen (secondary N) is 1. The van der Waals surface area contributed by atoms with Gasteiger partial charge in [-0.15, -0.1) is 0 Å². The molecule has 0 radical (unpaired) electrons. The fourth-order valence-electron chi connectivity index (χ4n) is 1.50. The predicted molar refractivity (Wildman–Crippen MR) is 65.4 cm³/mol. The number of hydrogen-bond donors (Lipinski definition) is 2. The number of halogens is 6. The summed E-state index contributed by atoms with van der Waals surface area (Å²) in [5, 5.41) is 2.32.